The van der Waals surface area contributed by atoms with E-state index in [9.17, 15) is 9.59 Å². The van der Waals surface area contributed by atoms with Gasteiger partial charge in [0, 0.05) is 51.5 Å². The number of benzene rings is 2. The lowest BCUT2D eigenvalue weighted by Crippen LogP contribution is -1.80. The average Bonchev–Trinajstić information content (AvgIpc) is 3.60. The fourth-order valence-corrected chi connectivity index (χ4v) is 8.50. The monoisotopic (exact) mass is 604 g/mol. The predicted molar refractivity (Wildman–Crippen MR) is 191 cm³/mol. The van der Waals surface area contributed by atoms with Crippen LogP contribution in [-0.2, 0) is 9.59 Å². The molecule has 0 aliphatic heterocycles. The van der Waals surface area contributed by atoms with Crippen molar-refractivity contribution in [2.24, 2.45) is 0 Å². The quantitative estimate of drug-likeness (QED) is 0.187. The van der Waals surface area contributed by atoms with Crippen LogP contribution in [-0.4, -0.2) is 11.6 Å². The van der Waals surface area contributed by atoms with Crippen molar-refractivity contribution in [3.05, 3.63) is 132 Å². The zero-order chi connectivity index (χ0) is 30.2. The van der Waals surface area contributed by atoms with Gasteiger partial charge in [-0.3, -0.25) is 9.59 Å². The third-order valence-corrected chi connectivity index (χ3v) is 10.3. The molecule has 2 nitrogen and oxygen atoms in total. The number of fused-ring (bicyclic) bond motifs is 10. The Kier molecular flexibility index (Phi) is 7.39. The first kappa shape index (κ1) is 27.9. The van der Waals surface area contributed by atoms with Gasteiger partial charge in [0.25, 0.3) is 0 Å². The molecule has 0 fully saturated rings. The Morgan fingerprint density at radius 2 is 0.841 bits per heavy atom. The summed E-state index contributed by atoms with van der Waals surface area (Å²) in [6.45, 7) is 3.18. The highest BCUT2D eigenvalue weighted by Crippen LogP contribution is 2.48. The summed E-state index contributed by atoms with van der Waals surface area (Å²) >= 11 is 3.65. The minimum absolute atomic E-state index is 0.0716. The molecule has 0 atom stereocenters. The molecule has 4 aliphatic rings. The lowest BCUT2D eigenvalue weighted by atomic mass is 10.1. The molecular formula is C40H28O2S2. The molecule has 0 spiro atoms. The topological polar surface area (TPSA) is 34.1 Å². The van der Waals surface area contributed by atoms with Crippen LogP contribution in [0.15, 0.2) is 121 Å². The second-order valence-electron chi connectivity index (χ2n) is 10.8. The molecule has 0 saturated carbocycles. The Hall–Kier alpha value is -4.90. The summed E-state index contributed by atoms with van der Waals surface area (Å²) in [5, 5.41) is 5.06. The van der Waals surface area contributed by atoms with E-state index in [1.165, 1.54) is 62.6 Å². The molecule has 0 unspecified atom stereocenters. The van der Waals surface area contributed by atoms with E-state index in [1.54, 1.807) is 26.0 Å². The molecule has 0 saturated heterocycles. The van der Waals surface area contributed by atoms with Crippen LogP contribution < -0.4 is 0 Å². The number of hydrogen-bond acceptors (Lipinski definition) is 4. The zero-order valence-corrected chi connectivity index (χ0v) is 26.0. The van der Waals surface area contributed by atoms with Crippen LogP contribution in [0.4, 0.5) is 0 Å². The van der Waals surface area contributed by atoms with Crippen molar-refractivity contribution in [1.82, 2.24) is 0 Å². The first-order chi connectivity index (χ1) is 21.5. The van der Waals surface area contributed by atoms with Crippen LogP contribution in [0.3, 0.4) is 0 Å². The maximum absolute atomic E-state index is 11.4. The van der Waals surface area contributed by atoms with E-state index in [1.807, 2.05) is 47.0 Å². The molecule has 0 N–H and O–H groups in total. The van der Waals surface area contributed by atoms with Crippen LogP contribution in [0.1, 0.15) is 25.0 Å². The number of hydrogen-bond donors (Lipinski definition) is 0. The molecule has 4 aliphatic carbocycles. The standard InChI is InChI=1S/2C20H14OS/c2*1-13(21)11-12-15-14-7-3-2-4-8-16(14)20-19(15)17-9-5-6-10-18(17)22-20/h2*2-12H,1H3/b2*12-11+. The molecule has 0 radical (unpaired) electrons. The lowest BCUT2D eigenvalue weighted by molar-refractivity contribution is -0.113. The minimum Gasteiger partial charge on any atom is -0.295 e. The Labute approximate surface area is 263 Å². The van der Waals surface area contributed by atoms with Gasteiger partial charge in [-0.2, -0.15) is 0 Å². The van der Waals surface area contributed by atoms with Gasteiger partial charge in [-0.15, -0.1) is 22.7 Å². The number of carbonyl (C=O) groups is 2. The molecule has 0 bridgehead atoms. The smallest absolute Gasteiger partial charge is 0.152 e. The maximum atomic E-state index is 11.4. The Bertz CT molecular complexity index is 2180. The largest absolute Gasteiger partial charge is 0.295 e. The van der Waals surface area contributed by atoms with E-state index in [2.05, 4.69) is 97.1 Å². The summed E-state index contributed by atoms with van der Waals surface area (Å²) < 4.78 is 5.18. The van der Waals surface area contributed by atoms with Crippen molar-refractivity contribution in [3.63, 3.8) is 0 Å². The summed E-state index contributed by atoms with van der Waals surface area (Å²) in [6, 6.07) is 37.9. The van der Waals surface area contributed by atoms with Gasteiger partial charge in [0.15, 0.2) is 11.6 Å². The number of carbonyl (C=O) groups excluding carboxylic acids is 2. The van der Waals surface area contributed by atoms with Crippen LogP contribution in [0.5, 0.6) is 0 Å². The molecule has 0 amide bonds. The molecule has 2 heterocycles. The van der Waals surface area contributed by atoms with E-state index in [-0.39, 0.29) is 11.6 Å². The van der Waals surface area contributed by atoms with Gasteiger partial charge in [-0.25, -0.2) is 0 Å². The molecule has 2 aromatic heterocycles. The fourth-order valence-electron chi connectivity index (χ4n) is 5.98. The van der Waals surface area contributed by atoms with Crippen molar-refractivity contribution in [2.45, 2.75) is 13.8 Å². The van der Waals surface area contributed by atoms with E-state index in [0.29, 0.717) is 0 Å². The second-order valence-corrected chi connectivity index (χ2v) is 12.9. The molecule has 8 rings (SSSR count). The first-order valence-electron chi connectivity index (χ1n) is 14.5. The molecule has 44 heavy (non-hydrogen) atoms. The molecule has 4 aromatic rings. The van der Waals surface area contributed by atoms with Gasteiger partial charge in [0.2, 0.25) is 0 Å². The van der Waals surface area contributed by atoms with Gasteiger partial charge in [-0.05, 0) is 60.4 Å². The number of thiophene rings is 2. The summed E-state index contributed by atoms with van der Waals surface area (Å²) in [4.78, 5) is 22.8. The molecular weight excluding hydrogens is 577 g/mol. The van der Waals surface area contributed by atoms with Crippen LogP contribution >= 0.6 is 22.7 Å². The van der Waals surface area contributed by atoms with Crippen molar-refractivity contribution in [3.8, 4) is 22.3 Å². The van der Waals surface area contributed by atoms with E-state index in [4.69, 9.17) is 0 Å². The van der Waals surface area contributed by atoms with Crippen molar-refractivity contribution in [2.75, 3.05) is 0 Å². The van der Waals surface area contributed by atoms with Gasteiger partial charge in [0.05, 0.1) is 0 Å². The minimum atomic E-state index is 0.0716. The molecule has 4 heteroatoms. The van der Waals surface area contributed by atoms with Crippen molar-refractivity contribution >= 4 is 86.7 Å². The summed E-state index contributed by atoms with van der Waals surface area (Å²) in [6.07, 6.45) is 7.25. The molecule has 2 aromatic carbocycles. The van der Waals surface area contributed by atoms with Gasteiger partial charge in [0.1, 0.15) is 0 Å². The normalized spacial score (nSPS) is 11.9. The third-order valence-electron chi connectivity index (χ3n) is 7.84. The molecule has 212 valence electrons. The SMILES string of the molecule is CC(=O)/C=C/c1c2cccccc-2c2sc3ccccc3c12.CC(=O)/C=C/c1c2cccccc-2c2sc3ccccc3c12. The van der Waals surface area contributed by atoms with Crippen molar-refractivity contribution < 1.29 is 9.59 Å². The maximum Gasteiger partial charge on any atom is 0.152 e. The summed E-state index contributed by atoms with van der Waals surface area (Å²) in [5.74, 6) is 0.143. The highest BCUT2D eigenvalue weighted by molar-refractivity contribution is 7.27. The van der Waals surface area contributed by atoms with E-state index in [0.717, 1.165) is 11.1 Å². The Morgan fingerprint density at radius 3 is 1.25 bits per heavy atom. The number of rotatable bonds is 4. The highest BCUT2D eigenvalue weighted by atomic mass is 32.1. The van der Waals surface area contributed by atoms with Crippen molar-refractivity contribution in [1.29, 1.82) is 0 Å². The summed E-state index contributed by atoms with van der Waals surface area (Å²) in [5.41, 5.74) is 7.21. The summed E-state index contributed by atoms with van der Waals surface area (Å²) in [7, 11) is 0. The number of ketones is 2. The van der Waals surface area contributed by atoms with Gasteiger partial charge in [-0.1, -0.05) is 109 Å². The highest BCUT2D eigenvalue weighted by Gasteiger charge is 2.20. The average molecular weight is 605 g/mol. The van der Waals surface area contributed by atoms with E-state index >= 15 is 0 Å². The first-order valence-corrected chi connectivity index (χ1v) is 16.2. The van der Waals surface area contributed by atoms with Crippen LogP contribution in [0.2, 0.25) is 0 Å². The second kappa shape index (κ2) is 11.6. The Balaban J connectivity index is 0.000000142. The zero-order valence-electron chi connectivity index (χ0n) is 24.3. The third kappa shape index (κ3) is 4.92. The Morgan fingerprint density at radius 1 is 0.477 bits per heavy atom. The van der Waals surface area contributed by atoms with Gasteiger partial charge >= 0.3 is 0 Å². The fraction of sp³-hybridized carbons (Fsp3) is 0.0500. The lowest BCUT2D eigenvalue weighted by Gasteiger charge is -1.97. The van der Waals surface area contributed by atoms with Gasteiger partial charge < -0.3 is 0 Å². The number of allylic oxidation sites excluding steroid dienone is 2. The van der Waals surface area contributed by atoms with Crippen LogP contribution in [0.25, 0.3) is 74.8 Å². The van der Waals surface area contributed by atoms with Crippen LogP contribution in [0, 0.1) is 0 Å². The van der Waals surface area contributed by atoms with E-state index < -0.39 is 0 Å². The predicted octanol–water partition coefficient (Wildman–Crippen LogP) is 11.5.